The Bertz CT molecular complexity index is 1160. The smallest absolute Gasteiger partial charge is 0.251 e. The van der Waals surface area contributed by atoms with Gasteiger partial charge in [-0.1, -0.05) is 53.6 Å². The van der Waals surface area contributed by atoms with Gasteiger partial charge in [0.25, 0.3) is 5.91 Å². The number of aryl methyl sites for hydroxylation is 1. The second kappa shape index (κ2) is 10.5. The third-order valence-electron chi connectivity index (χ3n) is 4.75. The standard InChI is InChI=1S/C24H25ClN2O4S/c1-18-7-13-21(14-8-18)27(32(2,29)30)17-19-9-11-20(12-10-19)24(28)26-15-16-31-23-6-4-3-5-22(23)25/h3-14H,15-17H2,1-2H3,(H,26,28). The van der Waals surface area contributed by atoms with E-state index in [2.05, 4.69) is 5.32 Å². The van der Waals surface area contributed by atoms with Crippen molar-refractivity contribution in [2.45, 2.75) is 13.5 Å². The van der Waals surface area contributed by atoms with E-state index in [1.165, 1.54) is 10.6 Å². The molecule has 0 aliphatic carbocycles. The van der Waals surface area contributed by atoms with Gasteiger partial charge in [-0.2, -0.15) is 0 Å². The first kappa shape index (κ1) is 23.6. The van der Waals surface area contributed by atoms with Crippen molar-refractivity contribution < 1.29 is 17.9 Å². The van der Waals surface area contributed by atoms with Gasteiger partial charge in [-0.15, -0.1) is 0 Å². The van der Waals surface area contributed by atoms with Crippen molar-refractivity contribution in [1.82, 2.24) is 5.32 Å². The maximum atomic E-state index is 12.4. The Labute approximate surface area is 193 Å². The average molecular weight is 473 g/mol. The fraction of sp³-hybridized carbons (Fsp3) is 0.208. The highest BCUT2D eigenvalue weighted by molar-refractivity contribution is 7.92. The number of sulfonamides is 1. The predicted molar refractivity (Wildman–Crippen MR) is 128 cm³/mol. The van der Waals surface area contributed by atoms with E-state index in [0.29, 0.717) is 28.6 Å². The Morgan fingerprint density at radius 2 is 1.66 bits per heavy atom. The van der Waals surface area contributed by atoms with E-state index in [-0.39, 0.29) is 19.1 Å². The lowest BCUT2D eigenvalue weighted by molar-refractivity contribution is 0.0947. The quantitative estimate of drug-likeness (QED) is 0.467. The number of rotatable bonds is 9. The number of hydrogen-bond acceptors (Lipinski definition) is 4. The summed E-state index contributed by atoms with van der Waals surface area (Å²) in [6.45, 7) is 2.73. The van der Waals surface area contributed by atoms with Gasteiger partial charge in [-0.05, 0) is 48.9 Å². The number of ether oxygens (including phenoxy) is 1. The van der Waals surface area contributed by atoms with E-state index in [0.717, 1.165) is 11.1 Å². The minimum Gasteiger partial charge on any atom is -0.490 e. The van der Waals surface area contributed by atoms with Crippen LogP contribution in [0.3, 0.4) is 0 Å². The molecule has 0 aliphatic heterocycles. The summed E-state index contributed by atoms with van der Waals surface area (Å²) in [5.74, 6) is 0.328. The van der Waals surface area contributed by atoms with Gasteiger partial charge in [0.1, 0.15) is 12.4 Å². The minimum atomic E-state index is -3.47. The molecular formula is C24H25ClN2O4S. The van der Waals surface area contributed by atoms with Crippen molar-refractivity contribution in [2.75, 3.05) is 23.7 Å². The summed E-state index contributed by atoms with van der Waals surface area (Å²) in [6, 6.07) is 21.3. The molecule has 32 heavy (non-hydrogen) atoms. The van der Waals surface area contributed by atoms with Crippen molar-refractivity contribution in [1.29, 1.82) is 0 Å². The van der Waals surface area contributed by atoms with Gasteiger partial charge in [0.15, 0.2) is 0 Å². The van der Waals surface area contributed by atoms with Crippen LogP contribution >= 0.6 is 11.6 Å². The molecule has 3 aromatic rings. The van der Waals surface area contributed by atoms with Crippen molar-refractivity contribution in [3.63, 3.8) is 0 Å². The second-order valence-electron chi connectivity index (χ2n) is 7.34. The van der Waals surface area contributed by atoms with Gasteiger partial charge in [-0.3, -0.25) is 9.10 Å². The van der Waals surface area contributed by atoms with Crippen LogP contribution < -0.4 is 14.4 Å². The van der Waals surface area contributed by atoms with Crippen molar-refractivity contribution in [3.8, 4) is 5.75 Å². The number of nitrogens with zero attached hydrogens (tertiary/aromatic N) is 1. The molecule has 0 saturated carbocycles. The van der Waals surface area contributed by atoms with Crippen molar-refractivity contribution in [2.24, 2.45) is 0 Å². The fourth-order valence-electron chi connectivity index (χ4n) is 3.03. The highest BCUT2D eigenvalue weighted by Crippen LogP contribution is 2.23. The summed E-state index contributed by atoms with van der Waals surface area (Å²) in [7, 11) is -3.47. The highest BCUT2D eigenvalue weighted by atomic mass is 35.5. The van der Waals surface area contributed by atoms with E-state index in [1.54, 1.807) is 48.5 Å². The van der Waals surface area contributed by atoms with E-state index >= 15 is 0 Å². The molecule has 0 fully saturated rings. The number of carbonyl (C=O) groups excluding carboxylic acids is 1. The van der Waals surface area contributed by atoms with E-state index in [4.69, 9.17) is 16.3 Å². The number of nitrogens with one attached hydrogen (secondary N) is 1. The van der Waals surface area contributed by atoms with Crippen LogP contribution in [0.15, 0.2) is 72.8 Å². The molecule has 0 bridgehead atoms. The zero-order valence-corrected chi connectivity index (χ0v) is 19.5. The third-order valence-corrected chi connectivity index (χ3v) is 6.20. The van der Waals surface area contributed by atoms with Crippen molar-refractivity contribution >= 4 is 33.2 Å². The number of amides is 1. The minimum absolute atomic E-state index is 0.176. The Balaban J connectivity index is 1.58. The monoisotopic (exact) mass is 472 g/mol. The van der Waals surface area contributed by atoms with Crippen LogP contribution in [0.5, 0.6) is 5.75 Å². The summed E-state index contributed by atoms with van der Waals surface area (Å²) >= 11 is 6.03. The van der Waals surface area contributed by atoms with Gasteiger partial charge in [0.2, 0.25) is 10.0 Å². The van der Waals surface area contributed by atoms with Gasteiger partial charge in [-0.25, -0.2) is 8.42 Å². The average Bonchev–Trinajstić information content (AvgIpc) is 2.76. The number of carbonyl (C=O) groups is 1. The zero-order chi connectivity index (χ0) is 23.1. The number of halogens is 1. The lowest BCUT2D eigenvalue weighted by Crippen LogP contribution is -2.29. The molecule has 1 N–H and O–H groups in total. The van der Waals surface area contributed by atoms with Crippen LogP contribution in [0, 0.1) is 6.92 Å². The molecular weight excluding hydrogens is 448 g/mol. The first-order valence-corrected chi connectivity index (χ1v) is 12.3. The van der Waals surface area contributed by atoms with E-state index in [9.17, 15) is 13.2 Å². The van der Waals surface area contributed by atoms with Gasteiger partial charge >= 0.3 is 0 Å². The molecule has 0 aromatic heterocycles. The summed E-state index contributed by atoms with van der Waals surface area (Å²) < 4.78 is 31.5. The van der Waals surface area contributed by atoms with Gasteiger partial charge in [0, 0.05) is 5.56 Å². The van der Waals surface area contributed by atoms with E-state index in [1.807, 2.05) is 31.2 Å². The third kappa shape index (κ3) is 6.48. The topological polar surface area (TPSA) is 75.7 Å². The first-order chi connectivity index (χ1) is 15.2. The van der Waals surface area contributed by atoms with Crippen LogP contribution in [-0.2, 0) is 16.6 Å². The predicted octanol–water partition coefficient (Wildman–Crippen LogP) is 4.42. The molecule has 1 amide bonds. The largest absolute Gasteiger partial charge is 0.490 e. The van der Waals surface area contributed by atoms with Crippen LogP contribution in [0.1, 0.15) is 21.5 Å². The Morgan fingerprint density at radius 1 is 1.00 bits per heavy atom. The molecule has 168 valence electrons. The Hall–Kier alpha value is -3.03. The lowest BCUT2D eigenvalue weighted by Gasteiger charge is -2.22. The van der Waals surface area contributed by atoms with E-state index < -0.39 is 10.0 Å². The number of benzene rings is 3. The molecule has 0 unspecified atom stereocenters. The normalized spacial score (nSPS) is 11.1. The molecule has 3 aromatic carbocycles. The van der Waals surface area contributed by atoms with Crippen LogP contribution in [0.25, 0.3) is 0 Å². The summed E-state index contributed by atoms with van der Waals surface area (Å²) in [6.07, 6.45) is 1.18. The fourth-order valence-corrected chi connectivity index (χ4v) is 4.11. The summed E-state index contributed by atoms with van der Waals surface area (Å²) in [5, 5.41) is 3.31. The lowest BCUT2D eigenvalue weighted by atomic mass is 10.1. The number of para-hydroxylation sites is 1. The molecule has 8 heteroatoms. The molecule has 0 radical (unpaired) electrons. The maximum Gasteiger partial charge on any atom is 0.251 e. The molecule has 0 spiro atoms. The highest BCUT2D eigenvalue weighted by Gasteiger charge is 2.18. The Kier molecular flexibility index (Phi) is 7.77. The molecule has 0 aliphatic rings. The van der Waals surface area contributed by atoms with Crippen molar-refractivity contribution in [3.05, 3.63) is 94.5 Å². The zero-order valence-electron chi connectivity index (χ0n) is 17.9. The molecule has 0 saturated heterocycles. The summed E-state index contributed by atoms with van der Waals surface area (Å²) in [4.78, 5) is 12.4. The molecule has 6 nitrogen and oxygen atoms in total. The first-order valence-electron chi connectivity index (χ1n) is 10.0. The SMILES string of the molecule is Cc1ccc(N(Cc2ccc(C(=O)NCCOc3ccccc3Cl)cc2)S(C)(=O)=O)cc1. The van der Waals surface area contributed by atoms with Crippen LogP contribution in [-0.4, -0.2) is 33.7 Å². The Morgan fingerprint density at radius 3 is 2.28 bits per heavy atom. The van der Waals surface area contributed by atoms with Crippen LogP contribution in [0.2, 0.25) is 5.02 Å². The van der Waals surface area contributed by atoms with Gasteiger partial charge < -0.3 is 10.1 Å². The van der Waals surface area contributed by atoms with Gasteiger partial charge in [0.05, 0.1) is 30.1 Å². The maximum absolute atomic E-state index is 12.4. The molecule has 3 rings (SSSR count). The molecule has 0 heterocycles. The van der Waals surface area contributed by atoms with Crippen LogP contribution in [0.4, 0.5) is 5.69 Å². The molecule has 0 atom stereocenters. The second-order valence-corrected chi connectivity index (χ2v) is 9.65. The summed E-state index contributed by atoms with van der Waals surface area (Å²) in [5.41, 5.74) is 2.90. The number of hydrogen-bond donors (Lipinski definition) is 1. The number of anilines is 1.